The fourth-order valence-corrected chi connectivity index (χ4v) is 2.78. The van der Waals surface area contributed by atoms with E-state index in [-0.39, 0.29) is 11.9 Å². The van der Waals surface area contributed by atoms with Crippen molar-refractivity contribution in [3.05, 3.63) is 95.8 Å². The minimum Gasteiger partial charge on any atom is -0.307 e. The monoisotopic (exact) mass is 329 g/mol. The number of nitrogens with one attached hydrogen (secondary N) is 1. The standard InChI is InChI=1S/C23H20FN/c1-18(21-15-9-13-19-10-4-6-14-22(19)21)25-17-8-2-3-11-20-12-5-7-16-23(20)24/h2,4-10,12-16,18,25H,17H2,1H3/b8-2+/t18-/m1/s1. The molecule has 1 atom stereocenters. The first kappa shape index (κ1) is 17.0. The van der Waals surface area contributed by atoms with Crippen LogP contribution >= 0.6 is 0 Å². The third-order valence-corrected chi connectivity index (χ3v) is 4.11. The van der Waals surface area contributed by atoms with Crippen molar-refractivity contribution in [1.82, 2.24) is 5.32 Å². The molecule has 0 fully saturated rings. The van der Waals surface area contributed by atoms with Gasteiger partial charge in [-0.1, -0.05) is 72.5 Å². The van der Waals surface area contributed by atoms with Crippen molar-refractivity contribution in [3.63, 3.8) is 0 Å². The summed E-state index contributed by atoms with van der Waals surface area (Å²) in [6.07, 6.45) is 3.71. The second kappa shape index (κ2) is 8.28. The molecule has 1 nitrogen and oxygen atoms in total. The van der Waals surface area contributed by atoms with Crippen LogP contribution in [0.25, 0.3) is 10.8 Å². The van der Waals surface area contributed by atoms with Crippen molar-refractivity contribution in [1.29, 1.82) is 0 Å². The van der Waals surface area contributed by atoms with Gasteiger partial charge in [0.1, 0.15) is 5.82 Å². The number of allylic oxidation sites excluding steroid dienone is 1. The Balaban J connectivity index is 1.60. The van der Waals surface area contributed by atoms with Gasteiger partial charge in [0.2, 0.25) is 0 Å². The normalized spacial score (nSPS) is 12.1. The van der Waals surface area contributed by atoms with E-state index in [4.69, 9.17) is 0 Å². The number of hydrogen-bond donors (Lipinski definition) is 1. The summed E-state index contributed by atoms with van der Waals surface area (Å²) in [5.41, 5.74) is 1.70. The number of rotatable bonds is 4. The average molecular weight is 329 g/mol. The second-order valence-corrected chi connectivity index (χ2v) is 5.85. The van der Waals surface area contributed by atoms with Crippen LogP contribution in [0.5, 0.6) is 0 Å². The SMILES string of the molecule is C[C@@H](NC/C=C/C#Cc1ccccc1F)c1cccc2ccccc12. The van der Waals surface area contributed by atoms with E-state index in [2.05, 4.69) is 66.5 Å². The molecule has 3 aromatic rings. The largest absolute Gasteiger partial charge is 0.307 e. The van der Waals surface area contributed by atoms with Gasteiger partial charge in [-0.3, -0.25) is 0 Å². The third kappa shape index (κ3) is 4.35. The number of benzene rings is 3. The van der Waals surface area contributed by atoms with Gasteiger partial charge in [0, 0.05) is 12.6 Å². The molecular formula is C23H20FN. The molecule has 3 aromatic carbocycles. The zero-order valence-electron chi connectivity index (χ0n) is 14.2. The van der Waals surface area contributed by atoms with Crippen LogP contribution in [0.1, 0.15) is 24.1 Å². The molecule has 3 rings (SSSR count). The van der Waals surface area contributed by atoms with Crippen LogP contribution in [0.4, 0.5) is 4.39 Å². The van der Waals surface area contributed by atoms with Crippen LogP contribution < -0.4 is 5.32 Å². The highest BCUT2D eigenvalue weighted by molar-refractivity contribution is 5.86. The molecule has 1 N–H and O–H groups in total. The van der Waals surface area contributed by atoms with Crippen LogP contribution in [-0.4, -0.2) is 6.54 Å². The Hall–Kier alpha value is -2.89. The molecule has 0 amide bonds. The Bertz CT molecular complexity index is 941. The maximum absolute atomic E-state index is 13.4. The van der Waals surface area contributed by atoms with Crippen LogP contribution in [0, 0.1) is 17.7 Å². The molecule has 0 aromatic heterocycles. The summed E-state index contributed by atoms with van der Waals surface area (Å²) < 4.78 is 13.4. The number of hydrogen-bond acceptors (Lipinski definition) is 1. The van der Waals surface area contributed by atoms with Crippen LogP contribution in [0.3, 0.4) is 0 Å². The van der Waals surface area contributed by atoms with E-state index < -0.39 is 0 Å². The molecule has 0 unspecified atom stereocenters. The van der Waals surface area contributed by atoms with Crippen LogP contribution in [-0.2, 0) is 0 Å². The molecule has 124 valence electrons. The van der Waals surface area contributed by atoms with Gasteiger partial charge in [0.15, 0.2) is 0 Å². The van der Waals surface area contributed by atoms with Gasteiger partial charge in [0.25, 0.3) is 0 Å². The molecular weight excluding hydrogens is 309 g/mol. The van der Waals surface area contributed by atoms with Gasteiger partial charge in [-0.2, -0.15) is 0 Å². The Morgan fingerprint density at radius 3 is 2.64 bits per heavy atom. The predicted octanol–water partition coefficient (Wildman–Crippen LogP) is 5.24. The molecule has 0 saturated heterocycles. The second-order valence-electron chi connectivity index (χ2n) is 5.85. The van der Waals surface area contributed by atoms with Crippen molar-refractivity contribution in [2.75, 3.05) is 6.54 Å². The summed E-state index contributed by atoms with van der Waals surface area (Å²) in [5, 5.41) is 5.99. The van der Waals surface area contributed by atoms with Gasteiger partial charge < -0.3 is 5.32 Å². The minimum atomic E-state index is -0.286. The Labute approximate surface area is 148 Å². The van der Waals surface area contributed by atoms with Crippen LogP contribution in [0.15, 0.2) is 78.9 Å². The van der Waals surface area contributed by atoms with Gasteiger partial charge in [-0.25, -0.2) is 4.39 Å². The fraction of sp³-hybridized carbons (Fsp3) is 0.130. The van der Waals surface area contributed by atoms with E-state index in [0.29, 0.717) is 12.1 Å². The van der Waals surface area contributed by atoms with Crippen molar-refractivity contribution in [2.24, 2.45) is 0 Å². The maximum atomic E-state index is 13.4. The molecule has 25 heavy (non-hydrogen) atoms. The van der Waals surface area contributed by atoms with E-state index in [1.165, 1.54) is 22.4 Å². The predicted molar refractivity (Wildman–Crippen MR) is 103 cm³/mol. The lowest BCUT2D eigenvalue weighted by Gasteiger charge is -2.15. The number of halogens is 1. The number of fused-ring (bicyclic) bond motifs is 1. The smallest absolute Gasteiger partial charge is 0.138 e. The van der Waals surface area contributed by atoms with Crippen molar-refractivity contribution >= 4 is 10.8 Å². The molecule has 0 heterocycles. The molecule has 0 aliphatic heterocycles. The van der Waals surface area contributed by atoms with E-state index in [1.807, 2.05) is 6.08 Å². The van der Waals surface area contributed by atoms with Crippen molar-refractivity contribution in [3.8, 4) is 11.8 Å². The highest BCUT2D eigenvalue weighted by Crippen LogP contribution is 2.23. The summed E-state index contributed by atoms with van der Waals surface area (Å²) in [4.78, 5) is 0. The quantitative estimate of drug-likeness (QED) is 0.646. The van der Waals surface area contributed by atoms with Crippen molar-refractivity contribution < 1.29 is 4.39 Å². The molecule has 0 spiro atoms. The fourth-order valence-electron chi connectivity index (χ4n) is 2.78. The summed E-state index contributed by atoms with van der Waals surface area (Å²) in [6, 6.07) is 21.5. The topological polar surface area (TPSA) is 12.0 Å². The summed E-state index contributed by atoms with van der Waals surface area (Å²) in [7, 11) is 0. The molecule has 0 aliphatic carbocycles. The first-order valence-electron chi connectivity index (χ1n) is 8.38. The summed E-state index contributed by atoms with van der Waals surface area (Å²) in [6.45, 7) is 2.86. The first-order chi connectivity index (χ1) is 12.3. The maximum Gasteiger partial charge on any atom is 0.138 e. The lowest BCUT2D eigenvalue weighted by molar-refractivity contribution is 0.621. The highest BCUT2D eigenvalue weighted by Gasteiger charge is 2.07. The zero-order chi connectivity index (χ0) is 17.5. The van der Waals surface area contributed by atoms with Gasteiger partial charge in [-0.15, -0.1) is 0 Å². The van der Waals surface area contributed by atoms with Crippen LogP contribution in [0.2, 0.25) is 0 Å². The van der Waals surface area contributed by atoms with Gasteiger partial charge >= 0.3 is 0 Å². The van der Waals surface area contributed by atoms with Gasteiger partial charge in [0.05, 0.1) is 5.56 Å². The molecule has 0 radical (unpaired) electrons. The molecule has 0 saturated carbocycles. The molecule has 0 aliphatic rings. The van der Waals surface area contributed by atoms with E-state index in [0.717, 1.165) is 0 Å². The Morgan fingerprint density at radius 1 is 1.00 bits per heavy atom. The summed E-state index contributed by atoms with van der Waals surface area (Å²) in [5.74, 6) is 5.41. The Morgan fingerprint density at radius 2 is 1.76 bits per heavy atom. The van der Waals surface area contributed by atoms with E-state index in [9.17, 15) is 4.39 Å². The lowest BCUT2D eigenvalue weighted by Crippen LogP contribution is -2.18. The average Bonchev–Trinajstić information content (AvgIpc) is 2.65. The highest BCUT2D eigenvalue weighted by atomic mass is 19.1. The Kier molecular flexibility index (Phi) is 5.61. The van der Waals surface area contributed by atoms with E-state index in [1.54, 1.807) is 24.3 Å². The lowest BCUT2D eigenvalue weighted by atomic mass is 10.00. The van der Waals surface area contributed by atoms with E-state index >= 15 is 0 Å². The third-order valence-electron chi connectivity index (χ3n) is 4.11. The van der Waals surface area contributed by atoms with Crippen molar-refractivity contribution in [2.45, 2.75) is 13.0 Å². The zero-order valence-corrected chi connectivity index (χ0v) is 14.2. The minimum absolute atomic E-state index is 0.232. The molecule has 2 heteroatoms. The van der Waals surface area contributed by atoms with Gasteiger partial charge in [-0.05, 0) is 41.5 Å². The summed E-state index contributed by atoms with van der Waals surface area (Å²) >= 11 is 0. The first-order valence-corrected chi connectivity index (χ1v) is 8.38. The molecule has 0 bridgehead atoms.